The molecule has 1 aromatic carbocycles. The maximum absolute atomic E-state index is 11.9. The topological polar surface area (TPSA) is 90.4 Å². The molecule has 0 atom stereocenters. The molecule has 0 fully saturated rings. The van der Waals surface area contributed by atoms with E-state index in [0.717, 1.165) is 0 Å². The minimum absolute atomic E-state index is 0.207. The van der Waals surface area contributed by atoms with E-state index in [1.807, 2.05) is 20.8 Å². The monoisotopic (exact) mass is 251 g/mol. The number of nitrogens with two attached hydrogens (primary N) is 2. The summed E-state index contributed by atoms with van der Waals surface area (Å²) in [5.41, 5.74) is 12.3. The van der Waals surface area contributed by atoms with Gasteiger partial charge in [0, 0.05) is 30.1 Å². The lowest BCUT2D eigenvalue weighted by atomic mass is 10.1. The van der Waals surface area contributed by atoms with Crippen LogP contribution in [0.5, 0.6) is 0 Å². The molecule has 18 heavy (non-hydrogen) atoms. The summed E-state index contributed by atoms with van der Waals surface area (Å²) in [6, 6.07) is 4.81. The molecule has 1 rings (SSSR count). The van der Waals surface area contributed by atoms with Gasteiger partial charge >= 0.3 is 0 Å². The molecule has 5 heteroatoms. The number of ether oxygens (including phenoxy) is 1. The van der Waals surface area contributed by atoms with E-state index in [0.29, 0.717) is 30.1 Å². The first kappa shape index (κ1) is 14.3. The molecule has 5 nitrogen and oxygen atoms in total. The van der Waals surface area contributed by atoms with E-state index >= 15 is 0 Å². The Morgan fingerprint density at radius 3 is 2.33 bits per heavy atom. The van der Waals surface area contributed by atoms with Crippen LogP contribution in [0.4, 0.5) is 11.4 Å². The number of benzene rings is 1. The minimum Gasteiger partial charge on any atom is -0.399 e. The molecular weight excluding hydrogens is 230 g/mol. The van der Waals surface area contributed by atoms with Crippen LogP contribution in [0.15, 0.2) is 18.2 Å². The summed E-state index contributed by atoms with van der Waals surface area (Å²) < 4.78 is 5.50. The van der Waals surface area contributed by atoms with Crippen LogP contribution in [-0.2, 0) is 4.74 Å². The van der Waals surface area contributed by atoms with Crippen molar-refractivity contribution in [1.29, 1.82) is 0 Å². The maximum atomic E-state index is 11.9. The predicted molar refractivity (Wildman–Crippen MR) is 73.3 cm³/mol. The van der Waals surface area contributed by atoms with Crippen LogP contribution in [0, 0.1) is 0 Å². The van der Waals surface area contributed by atoms with Crippen molar-refractivity contribution < 1.29 is 9.53 Å². The third-order valence-electron chi connectivity index (χ3n) is 2.45. The van der Waals surface area contributed by atoms with Gasteiger partial charge in [-0.1, -0.05) is 0 Å². The molecule has 1 aromatic rings. The van der Waals surface area contributed by atoms with Crippen molar-refractivity contribution in [3.8, 4) is 0 Å². The summed E-state index contributed by atoms with van der Waals surface area (Å²) in [6.07, 6.45) is 0. The number of carbonyl (C=O) groups is 1. The van der Waals surface area contributed by atoms with E-state index in [2.05, 4.69) is 5.32 Å². The second kappa shape index (κ2) is 5.73. The zero-order valence-corrected chi connectivity index (χ0v) is 11.1. The summed E-state index contributed by atoms with van der Waals surface area (Å²) >= 11 is 0. The number of amides is 1. The molecule has 0 aromatic heterocycles. The highest BCUT2D eigenvalue weighted by Crippen LogP contribution is 2.14. The normalized spacial score (nSPS) is 11.3. The number of nitrogen functional groups attached to an aromatic ring is 2. The third-order valence-corrected chi connectivity index (χ3v) is 2.45. The quantitative estimate of drug-likeness (QED) is 0.690. The molecule has 0 aliphatic carbocycles. The second-order valence-corrected chi connectivity index (χ2v) is 4.76. The van der Waals surface area contributed by atoms with Crippen LogP contribution in [-0.4, -0.2) is 24.7 Å². The highest BCUT2D eigenvalue weighted by atomic mass is 16.5. The first-order valence-corrected chi connectivity index (χ1v) is 5.92. The summed E-state index contributed by atoms with van der Waals surface area (Å²) in [6.45, 7) is 6.79. The standard InChI is InChI=1S/C13H21N3O2/c1-4-18-13(2,3)8-16-12(17)9-5-10(14)7-11(15)6-9/h5-7H,4,8,14-15H2,1-3H3,(H,16,17). The van der Waals surface area contributed by atoms with Crippen LogP contribution in [0.1, 0.15) is 31.1 Å². The van der Waals surface area contributed by atoms with E-state index in [9.17, 15) is 4.79 Å². The number of hydrogen-bond acceptors (Lipinski definition) is 4. The highest BCUT2D eigenvalue weighted by molar-refractivity contribution is 5.96. The molecule has 0 aliphatic heterocycles. The van der Waals surface area contributed by atoms with Crippen molar-refractivity contribution in [3.05, 3.63) is 23.8 Å². The van der Waals surface area contributed by atoms with Gasteiger partial charge < -0.3 is 21.5 Å². The fraction of sp³-hybridized carbons (Fsp3) is 0.462. The maximum Gasteiger partial charge on any atom is 0.251 e. The lowest BCUT2D eigenvalue weighted by Gasteiger charge is -2.24. The number of hydrogen-bond donors (Lipinski definition) is 3. The van der Waals surface area contributed by atoms with Gasteiger partial charge in [0.05, 0.1) is 5.60 Å². The largest absolute Gasteiger partial charge is 0.399 e. The molecule has 0 unspecified atom stereocenters. The average molecular weight is 251 g/mol. The van der Waals surface area contributed by atoms with Gasteiger partial charge in [-0.3, -0.25) is 4.79 Å². The van der Waals surface area contributed by atoms with E-state index in [1.54, 1.807) is 18.2 Å². The van der Waals surface area contributed by atoms with Gasteiger partial charge in [0.2, 0.25) is 0 Å². The molecule has 0 heterocycles. The van der Waals surface area contributed by atoms with Crippen LogP contribution in [0.2, 0.25) is 0 Å². The Morgan fingerprint density at radius 1 is 1.28 bits per heavy atom. The van der Waals surface area contributed by atoms with Crippen LogP contribution < -0.4 is 16.8 Å². The fourth-order valence-corrected chi connectivity index (χ4v) is 1.64. The Balaban J connectivity index is 2.66. The van der Waals surface area contributed by atoms with E-state index < -0.39 is 5.60 Å². The lowest BCUT2D eigenvalue weighted by Crippen LogP contribution is -2.40. The smallest absolute Gasteiger partial charge is 0.251 e. The van der Waals surface area contributed by atoms with E-state index in [1.165, 1.54) is 0 Å². The van der Waals surface area contributed by atoms with Crippen molar-refractivity contribution in [2.75, 3.05) is 24.6 Å². The van der Waals surface area contributed by atoms with E-state index in [-0.39, 0.29) is 5.91 Å². The number of carbonyl (C=O) groups excluding carboxylic acids is 1. The van der Waals surface area contributed by atoms with Crippen molar-refractivity contribution >= 4 is 17.3 Å². The van der Waals surface area contributed by atoms with Crippen molar-refractivity contribution in [2.45, 2.75) is 26.4 Å². The SMILES string of the molecule is CCOC(C)(C)CNC(=O)c1cc(N)cc(N)c1. The molecule has 0 saturated heterocycles. The Hall–Kier alpha value is -1.75. The summed E-state index contributed by atoms with van der Waals surface area (Å²) in [7, 11) is 0. The van der Waals surface area contributed by atoms with Gasteiger partial charge in [0.25, 0.3) is 5.91 Å². The van der Waals surface area contributed by atoms with Gasteiger partial charge in [0.15, 0.2) is 0 Å². The minimum atomic E-state index is -0.393. The summed E-state index contributed by atoms with van der Waals surface area (Å²) in [5, 5.41) is 2.80. The van der Waals surface area contributed by atoms with Crippen LogP contribution in [0.3, 0.4) is 0 Å². The zero-order chi connectivity index (χ0) is 13.8. The van der Waals surface area contributed by atoms with Crippen molar-refractivity contribution in [2.24, 2.45) is 0 Å². The zero-order valence-electron chi connectivity index (χ0n) is 11.1. The Labute approximate surface area is 107 Å². The van der Waals surface area contributed by atoms with Crippen LogP contribution >= 0.6 is 0 Å². The average Bonchev–Trinajstić information content (AvgIpc) is 2.24. The molecule has 5 N–H and O–H groups in total. The van der Waals surface area contributed by atoms with Gasteiger partial charge in [0.1, 0.15) is 0 Å². The summed E-state index contributed by atoms with van der Waals surface area (Å²) in [4.78, 5) is 11.9. The number of rotatable bonds is 5. The molecule has 0 saturated carbocycles. The Bertz CT molecular complexity index is 410. The first-order chi connectivity index (χ1) is 8.34. The number of anilines is 2. The third kappa shape index (κ3) is 4.25. The molecule has 0 spiro atoms. The second-order valence-electron chi connectivity index (χ2n) is 4.76. The molecular formula is C13H21N3O2. The van der Waals surface area contributed by atoms with Crippen molar-refractivity contribution in [1.82, 2.24) is 5.32 Å². The highest BCUT2D eigenvalue weighted by Gasteiger charge is 2.19. The van der Waals surface area contributed by atoms with Gasteiger partial charge in [-0.15, -0.1) is 0 Å². The molecule has 0 bridgehead atoms. The fourth-order valence-electron chi connectivity index (χ4n) is 1.64. The number of nitrogens with one attached hydrogen (secondary N) is 1. The van der Waals surface area contributed by atoms with Crippen molar-refractivity contribution in [3.63, 3.8) is 0 Å². The Kier molecular flexibility index (Phi) is 4.55. The first-order valence-electron chi connectivity index (χ1n) is 5.92. The lowest BCUT2D eigenvalue weighted by molar-refractivity contribution is -0.00815. The van der Waals surface area contributed by atoms with Gasteiger partial charge in [-0.05, 0) is 39.0 Å². The molecule has 100 valence electrons. The molecule has 0 aliphatic rings. The Morgan fingerprint density at radius 2 is 1.83 bits per heavy atom. The van der Waals surface area contributed by atoms with Gasteiger partial charge in [-0.25, -0.2) is 0 Å². The van der Waals surface area contributed by atoms with E-state index in [4.69, 9.17) is 16.2 Å². The predicted octanol–water partition coefficient (Wildman–Crippen LogP) is 1.40. The summed E-state index contributed by atoms with van der Waals surface area (Å²) in [5.74, 6) is -0.207. The molecule has 0 radical (unpaired) electrons. The molecule has 1 amide bonds. The van der Waals surface area contributed by atoms with Crippen LogP contribution in [0.25, 0.3) is 0 Å². The van der Waals surface area contributed by atoms with Gasteiger partial charge in [-0.2, -0.15) is 0 Å².